The highest BCUT2D eigenvalue weighted by atomic mass is 32.2. The van der Waals surface area contributed by atoms with Crippen molar-refractivity contribution < 1.29 is 9.59 Å². The first-order chi connectivity index (χ1) is 15.0. The molecule has 5 rings (SSSR count). The van der Waals surface area contributed by atoms with Crippen molar-refractivity contribution in [2.24, 2.45) is 0 Å². The summed E-state index contributed by atoms with van der Waals surface area (Å²) in [4.78, 5) is 30.1. The summed E-state index contributed by atoms with van der Waals surface area (Å²) in [7, 11) is 0. The minimum Gasteiger partial charge on any atom is -0.311 e. The summed E-state index contributed by atoms with van der Waals surface area (Å²) >= 11 is 1.57. The molecule has 4 nitrogen and oxygen atoms in total. The maximum absolute atomic E-state index is 14.0. The van der Waals surface area contributed by atoms with Gasteiger partial charge in [0.25, 0.3) is 11.8 Å². The van der Waals surface area contributed by atoms with Gasteiger partial charge in [-0.25, -0.2) is 0 Å². The van der Waals surface area contributed by atoms with Crippen molar-refractivity contribution in [2.45, 2.75) is 25.3 Å². The number of anilines is 1. The van der Waals surface area contributed by atoms with E-state index in [9.17, 15) is 9.59 Å². The van der Waals surface area contributed by atoms with Crippen LogP contribution in [-0.2, 0) is 16.2 Å². The molecule has 0 aliphatic carbocycles. The number of fused-ring (bicyclic) bond motifs is 2. The van der Waals surface area contributed by atoms with Gasteiger partial charge in [-0.15, -0.1) is 11.8 Å². The van der Waals surface area contributed by atoms with E-state index in [4.69, 9.17) is 0 Å². The fourth-order valence-electron chi connectivity index (χ4n) is 4.50. The summed E-state index contributed by atoms with van der Waals surface area (Å²) in [5.41, 5.74) is 5.79. The number of carbonyl (C=O) groups excluding carboxylic acids is 2. The van der Waals surface area contributed by atoms with Gasteiger partial charge in [-0.2, -0.15) is 0 Å². The van der Waals surface area contributed by atoms with Gasteiger partial charge in [0.15, 0.2) is 4.87 Å². The van der Waals surface area contributed by atoms with Crippen molar-refractivity contribution in [3.05, 3.63) is 101 Å². The Labute approximate surface area is 186 Å². The molecular weight excluding hydrogens is 404 g/mol. The summed E-state index contributed by atoms with van der Waals surface area (Å²) in [6, 6.07) is 23.7. The summed E-state index contributed by atoms with van der Waals surface area (Å²) in [5.74, 6) is 0.611. The highest BCUT2D eigenvalue weighted by molar-refractivity contribution is 8.01. The molecule has 3 aromatic carbocycles. The fourth-order valence-corrected chi connectivity index (χ4v) is 5.95. The van der Waals surface area contributed by atoms with E-state index in [0.29, 0.717) is 18.7 Å². The first-order valence-corrected chi connectivity index (χ1v) is 11.5. The number of aryl methyl sites for hydroxylation is 2. The van der Waals surface area contributed by atoms with E-state index in [2.05, 4.69) is 37.3 Å². The fraction of sp³-hybridized carbons (Fsp3) is 0.231. The van der Waals surface area contributed by atoms with Gasteiger partial charge in [0, 0.05) is 23.4 Å². The molecule has 2 amide bonds. The molecule has 0 bridgehead atoms. The number of hydrogen-bond acceptors (Lipinski definition) is 3. The van der Waals surface area contributed by atoms with Crippen LogP contribution < -0.4 is 4.90 Å². The Bertz CT molecular complexity index is 1160. The van der Waals surface area contributed by atoms with Crippen LogP contribution in [0.2, 0.25) is 0 Å². The number of thioether (sulfide) groups is 1. The molecular formula is C26H24N2O2S. The highest BCUT2D eigenvalue weighted by Gasteiger charge is 2.59. The van der Waals surface area contributed by atoms with Gasteiger partial charge in [-0.05, 0) is 37.6 Å². The predicted octanol–water partition coefficient (Wildman–Crippen LogP) is 4.89. The molecule has 1 saturated heterocycles. The standard InChI is InChI=1S/C26H24N2O2S/c1-18-8-11-20(12-9-18)17-27-23-13-10-19(2)16-22(23)26(25(27)30)28(14-15-31-26)24(29)21-6-4-3-5-7-21/h3-13,16H,14-15,17H2,1-2H3/t26-/m0/s1. The first-order valence-electron chi connectivity index (χ1n) is 10.5. The average molecular weight is 429 g/mol. The number of hydrogen-bond donors (Lipinski definition) is 0. The molecule has 0 N–H and O–H groups in total. The van der Waals surface area contributed by atoms with E-state index < -0.39 is 4.87 Å². The number of nitrogens with zero attached hydrogens (tertiary/aromatic N) is 2. The molecule has 1 atom stereocenters. The summed E-state index contributed by atoms with van der Waals surface area (Å²) in [5, 5.41) is 0. The Morgan fingerprint density at radius 3 is 2.42 bits per heavy atom. The second-order valence-electron chi connectivity index (χ2n) is 8.21. The second kappa shape index (κ2) is 7.57. The van der Waals surface area contributed by atoms with Crippen LogP contribution in [0.1, 0.15) is 32.6 Å². The van der Waals surface area contributed by atoms with Gasteiger partial charge >= 0.3 is 0 Å². The molecule has 0 unspecified atom stereocenters. The maximum Gasteiger partial charge on any atom is 0.268 e. The Morgan fingerprint density at radius 1 is 0.968 bits per heavy atom. The van der Waals surface area contributed by atoms with Crippen molar-refractivity contribution in [3.63, 3.8) is 0 Å². The Morgan fingerprint density at radius 2 is 1.68 bits per heavy atom. The van der Waals surface area contributed by atoms with E-state index in [1.165, 1.54) is 5.56 Å². The third-order valence-corrected chi connectivity index (χ3v) is 7.50. The SMILES string of the molecule is Cc1ccc(CN2C(=O)[C@@]3(SCCN3C(=O)c3ccccc3)c3cc(C)ccc32)cc1. The highest BCUT2D eigenvalue weighted by Crippen LogP contribution is 2.55. The minimum atomic E-state index is -1.00. The van der Waals surface area contributed by atoms with E-state index in [0.717, 1.165) is 28.1 Å². The van der Waals surface area contributed by atoms with E-state index in [1.54, 1.807) is 16.7 Å². The molecule has 2 heterocycles. The maximum atomic E-state index is 14.0. The lowest BCUT2D eigenvalue weighted by atomic mass is 10.0. The van der Waals surface area contributed by atoms with Crippen LogP contribution in [0.3, 0.4) is 0 Å². The van der Waals surface area contributed by atoms with E-state index in [-0.39, 0.29) is 11.8 Å². The lowest BCUT2D eigenvalue weighted by Crippen LogP contribution is -2.50. The van der Waals surface area contributed by atoms with E-state index >= 15 is 0 Å². The van der Waals surface area contributed by atoms with Crippen LogP contribution in [0.25, 0.3) is 0 Å². The average Bonchev–Trinajstić information content (AvgIpc) is 3.32. The molecule has 3 aromatic rings. The lowest BCUT2D eigenvalue weighted by Gasteiger charge is -2.33. The number of carbonyl (C=O) groups is 2. The molecule has 2 aliphatic heterocycles. The molecule has 0 radical (unpaired) electrons. The van der Waals surface area contributed by atoms with Crippen LogP contribution in [0.4, 0.5) is 5.69 Å². The molecule has 0 saturated carbocycles. The number of amides is 2. The van der Waals surface area contributed by atoms with Gasteiger partial charge in [0.1, 0.15) is 0 Å². The van der Waals surface area contributed by atoms with Crippen LogP contribution >= 0.6 is 11.8 Å². The normalized spacial score (nSPS) is 19.9. The van der Waals surface area contributed by atoms with Crippen LogP contribution in [0, 0.1) is 13.8 Å². The third-order valence-electron chi connectivity index (χ3n) is 6.08. The quantitative estimate of drug-likeness (QED) is 0.596. The molecule has 2 aliphatic rings. The second-order valence-corrected chi connectivity index (χ2v) is 9.50. The molecule has 5 heteroatoms. The Hall–Kier alpha value is -3.05. The largest absolute Gasteiger partial charge is 0.311 e. The van der Waals surface area contributed by atoms with Crippen molar-refractivity contribution >= 4 is 29.3 Å². The van der Waals surface area contributed by atoms with Crippen LogP contribution in [0.15, 0.2) is 72.8 Å². The van der Waals surface area contributed by atoms with Crippen LogP contribution in [-0.4, -0.2) is 29.0 Å². The smallest absolute Gasteiger partial charge is 0.268 e. The minimum absolute atomic E-state index is 0.0274. The monoisotopic (exact) mass is 428 g/mol. The van der Waals surface area contributed by atoms with Crippen molar-refractivity contribution in [3.8, 4) is 0 Å². The summed E-state index contributed by atoms with van der Waals surface area (Å²) < 4.78 is 0. The summed E-state index contributed by atoms with van der Waals surface area (Å²) in [6.07, 6.45) is 0. The Kier molecular flexibility index (Phi) is 4.86. The van der Waals surface area contributed by atoms with Gasteiger partial charge < -0.3 is 9.80 Å². The van der Waals surface area contributed by atoms with Crippen molar-refractivity contribution in [1.29, 1.82) is 0 Å². The molecule has 156 valence electrons. The predicted molar refractivity (Wildman–Crippen MR) is 125 cm³/mol. The zero-order valence-electron chi connectivity index (χ0n) is 17.7. The third kappa shape index (κ3) is 3.15. The molecule has 1 fully saturated rings. The van der Waals surface area contributed by atoms with Gasteiger partial charge in [0.05, 0.1) is 12.2 Å². The Balaban J connectivity index is 1.60. The van der Waals surface area contributed by atoms with Gasteiger partial charge in [-0.3, -0.25) is 9.59 Å². The zero-order valence-corrected chi connectivity index (χ0v) is 18.5. The lowest BCUT2D eigenvalue weighted by molar-refractivity contribution is -0.123. The number of rotatable bonds is 3. The topological polar surface area (TPSA) is 40.6 Å². The number of benzene rings is 3. The summed E-state index contributed by atoms with van der Waals surface area (Å²) in [6.45, 7) is 5.13. The molecule has 31 heavy (non-hydrogen) atoms. The zero-order chi connectivity index (χ0) is 21.6. The van der Waals surface area contributed by atoms with Crippen molar-refractivity contribution in [1.82, 2.24) is 4.90 Å². The van der Waals surface area contributed by atoms with E-state index in [1.807, 2.05) is 54.3 Å². The van der Waals surface area contributed by atoms with Crippen molar-refractivity contribution in [2.75, 3.05) is 17.2 Å². The molecule has 0 aromatic heterocycles. The first kappa shape index (κ1) is 19.9. The van der Waals surface area contributed by atoms with Gasteiger partial charge in [0.2, 0.25) is 0 Å². The van der Waals surface area contributed by atoms with Crippen LogP contribution in [0.5, 0.6) is 0 Å². The van der Waals surface area contributed by atoms with Gasteiger partial charge in [-0.1, -0.05) is 65.7 Å². The molecule has 1 spiro atoms.